The number of piperidine rings is 1. The molecule has 0 atom stereocenters. The van der Waals surface area contributed by atoms with E-state index in [9.17, 15) is 40.1 Å². The average Bonchev–Trinajstić information content (AvgIpc) is 2.21. The van der Waals surface area contributed by atoms with Crippen LogP contribution in [0.2, 0.25) is 0 Å². The smallest absolute Gasteiger partial charge is 0.418 e. The van der Waals surface area contributed by atoms with Crippen LogP contribution in [0.5, 0.6) is 0 Å². The Bertz CT molecular complexity index is 434. The molecule has 0 radical (unpaired) electrons. The molecule has 0 bridgehead atoms. The van der Waals surface area contributed by atoms with E-state index in [1.807, 2.05) is 5.32 Å². The summed E-state index contributed by atoms with van der Waals surface area (Å²) < 4.78 is 76.4. The van der Waals surface area contributed by atoms with Crippen LogP contribution >= 0.6 is 0 Å². The van der Waals surface area contributed by atoms with Crippen LogP contribution in [-0.2, 0) is 4.79 Å². The molecule has 1 aliphatic heterocycles. The van der Waals surface area contributed by atoms with Crippen LogP contribution in [0.3, 0.4) is 0 Å². The Labute approximate surface area is 128 Å². The van der Waals surface area contributed by atoms with Crippen LogP contribution < -0.4 is 5.32 Å². The second-order valence-electron chi connectivity index (χ2n) is 6.49. The molecule has 12 heteroatoms. The average molecular weight is 354 g/mol. The monoisotopic (exact) mass is 354 g/mol. The number of halogens is 7. The Kier molecular flexibility index (Phi) is 6.25. The van der Waals surface area contributed by atoms with Gasteiger partial charge in [-0.25, -0.2) is 0 Å². The number of hydrogen-bond acceptors (Lipinski definition) is 2. The molecular weight excluding hydrogens is 336 g/mol. The van der Waals surface area contributed by atoms with Crippen molar-refractivity contribution in [2.75, 3.05) is 0 Å². The molecule has 136 valence electrons. The molecule has 0 spiro atoms. The number of alkyl halides is 3. The molecule has 1 amide bonds. The summed E-state index contributed by atoms with van der Waals surface area (Å²) in [7, 11) is -6.00. The molecule has 0 saturated carbocycles. The van der Waals surface area contributed by atoms with Crippen LogP contribution in [0.15, 0.2) is 0 Å². The van der Waals surface area contributed by atoms with Gasteiger partial charge in [0.2, 0.25) is 11.1 Å². The van der Waals surface area contributed by atoms with Gasteiger partial charge in [0, 0.05) is 56.2 Å². The maximum atomic E-state index is 12.2. The summed E-state index contributed by atoms with van der Waals surface area (Å²) in [6.07, 6.45) is -4.49. The van der Waals surface area contributed by atoms with Crippen molar-refractivity contribution in [1.82, 2.24) is 5.32 Å². The Balaban J connectivity index is 0.000000841. The first-order valence-corrected chi connectivity index (χ1v) is 6.59. The summed E-state index contributed by atoms with van der Waals surface area (Å²) in [5, 5.41) is 1.96. The predicted molar refractivity (Wildman–Crippen MR) is 69.2 cm³/mol. The topological polar surface area (TPSA) is 49.2 Å². The van der Waals surface area contributed by atoms with Gasteiger partial charge in [-0.3, -0.25) is 4.79 Å². The summed E-state index contributed by atoms with van der Waals surface area (Å²) in [5.41, 5.74) is -1.60. The molecule has 4 nitrogen and oxygen atoms in total. The van der Waals surface area contributed by atoms with E-state index in [2.05, 4.69) is 0 Å². The van der Waals surface area contributed by atoms with Crippen LogP contribution in [0, 0.1) is 4.91 Å². The number of amides is 1. The molecule has 1 N–H and O–H groups in total. The Morgan fingerprint density at radius 2 is 1.35 bits per heavy atom. The third kappa shape index (κ3) is 7.64. The highest BCUT2D eigenvalue weighted by molar-refractivity contribution is 6.50. The van der Waals surface area contributed by atoms with Gasteiger partial charge in [-0.05, 0) is 0 Å². The van der Waals surface area contributed by atoms with Crippen molar-refractivity contribution in [2.45, 2.75) is 63.8 Å². The van der Waals surface area contributed by atoms with Gasteiger partial charge in [0.05, 0.1) is 0 Å². The molecule has 1 heterocycles. The molecule has 0 aromatic rings. The number of hydrogen-bond donors (Lipinski definition) is 1. The van der Waals surface area contributed by atoms with Crippen molar-refractivity contribution >= 4 is 13.2 Å². The summed E-state index contributed by atoms with van der Waals surface area (Å²) in [4.78, 5) is 22.9. The number of nitroso groups, excluding NO2 is 1. The minimum absolute atomic E-state index is 0.196. The van der Waals surface area contributed by atoms with E-state index in [1.54, 1.807) is 27.7 Å². The first kappa shape index (κ1) is 21.6. The highest BCUT2D eigenvalue weighted by Crippen LogP contribution is 2.34. The zero-order chi connectivity index (χ0) is 18.9. The number of rotatable bonds is 1. The van der Waals surface area contributed by atoms with E-state index in [-0.39, 0.29) is 12.8 Å². The minimum atomic E-state index is -6.00. The van der Waals surface area contributed by atoms with Crippen molar-refractivity contribution < 1.29 is 40.0 Å². The molecule has 1 saturated heterocycles. The highest BCUT2D eigenvalue weighted by atomic mass is 19.5. The van der Waals surface area contributed by atoms with Crippen molar-refractivity contribution in [3.8, 4) is 0 Å². The van der Waals surface area contributed by atoms with Crippen molar-refractivity contribution in [2.24, 2.45) is 0 Å². The zero-order valence-electron chi connectivity index (χ0n) is 13.0. The van der Waals surface area contributed by atoms with E-state index in [0.717, 1.165) is 4.76 Å². The van der Waals surface area contributed by atoms with Gasteiger partial charge in [0.25, 0.3) is 0 Å². The first-order chi connectivity index (χ1) is 9.86. The third-order valence-electron chi connectivity index (χ3n) is 3.18. The number of nitrogens with one attached hydrogen (secondary N) is 1. The van der Waals surface area contributed by atoms with Crippen LogP contribution in [0.1, 0.15) is 40.5 Å². The van der Waals surface area contributed by atoms with E-state index < -0.39 is 36.5 Å². The molecule has 0 aliphatic carbocycles. The minimum Gasteiger partial charge on any atom is -0.418 e. The van der Waals surface area contributed by atoms with E-state index >= 15 is 0 Å². The summed E-state index contributed by atoms with van der Waals surface area (Å²) >= 11 is 0. The fraction of sp³-hybridized carbons (Fsp3) is 0.909. The number of nitrogens with zero attached hydrogens (tertiary/aromatic N) is 1. The van der Waals surface area contributed by atoms with Crippen LogP contribution in [0.4, 0.5) is 30.4 Å². The van der Waals surface area contributed by atoms with Gasteiger partial charge < -0.3 is 22.6 Å². The van der Waals surface area contributed by atoms with Gasteiger partial charge in [0.15, 0.2) is 0 Å². The van der Waals surface area contributed by atoms with E-state index in [0.29, 0.717) is 0 Å². The van der Waals surface area contributed by atoms with E-state index in [4.69, 9.17) is 0 Å². The quantitative estimate of drug-likeness (QED) is 0.445. The SMILES string of the molecule is CC1(C)CC(NC(=O)C(F)(F)F)CC(C)(C)[N+]1=O.F[B-](F)(F)F. The maximum Gasteiger partial charge on any atom is 0.673 e. The largest absolute Gasteiger partial charge is 0.673 e. The molecule has 0 unspecified atom stereocenters. The predicted octanol–water partition coefficient (Wildman–Crippen LogP) is 3.46. The Morgan fingerprint density at radius 1 is 1.04 bits per heavy atom. The van der Waals surface area contributed by atoms with Crippen molar-refractivity contribution in [3.63, 3.8) is 0 Å². The lowest BCUT2D eigenvalue weighted by Crippen LogP contribution is -2.60. The summed E-state index contributed by atoms with van der Waals surface area (Å²) in [6, 6.07) is -0.644. The molecule has 0 aromatic heterocycles. The van der Waals surface area contributed by atoms with Gasteiger partial charge in [-0.1, -0.05) is 0 Å². The lowest BCUT2D eigenvalue weighted by Gasteiger charge is -2.36. The highest BCUT2D eigenvalue weighted by Gasteiger charge is 2.54. The fourth-order valence-electron chi connectivity index (χ4n) is 2.63. The van der Waals surface area contributed by atoms with Crippen molar-refractivity contribution in [3.05, 3.63) is 4.91 Å². The maximum absolute atomic E-state index is 12.2. The second-order valence-corrected chi connectivity index (χ2v) is 6.49. The van der Waals surface area contributed by atoms with Crippen molar-refractivity contribution in [1.29, 1.82) is 0 Å². The lowest BCUT2D eigenvalue weighted by atomic mass is 9.79. The molecule has 1 rings (SSSR count). The third-order valence-corrected chi connectivity index (χ3v) is 3.18. The van der Waals surface area contributed by atoms with Gasteiger partial charge >= 0.3 is 19.3 Å². The molecule has 0 aromatic carbocycles. The van der Waals surface area contributed by atoms with Gasteiger partial charge in [-0.15, -0.1) is 0 Å². The second kappa shape index (κ2) is 6.64. The van der Waals surface area contributed by atoms with Crippen LogP contribution in [-0.4, -0.2) is 41.2 Å². The molecule has 23 heavy (non-hydrogen) atoms. The molecular formula is C11H18BF7N2O2. The van der Waals surface area contributed by atoms with Crippen LogP contribution in [0.25, 0.3) is 0 Å². The van der Waals surface area contributed by atoms with Gasteiger partial charge in [0.1, 0.15) is 0 Å². The fourth-order valence-corrected chi connectivity index (χ4v) is 2.63. The first-order valence-electron chi connectivity index (χ1n) is 6.59. The lowest BCUT2D eigenvalue weighted by molar-refractivity contribution is -0.693. The standard InChI is InChI=1S/C11H17F3N2O2.BF4/c1-9(2)5-7(6-10(3,4)16(9)18)15-8(17)11(12,13)14;2-1(3,4)5/h7H,5-6H2,1-4H3;/q;-1/p+1. The zero-order valence-corrected chi connectivity index (χ0v) is 13.0. The summed E-state index contributed by atoms with van der Waals surface area (Å²) in [6.45, 7) is 6.64. The Hall–Kier alpha value is -1.36. The molecule has 1 aliphatic rings. The summed E-state index contributed by atoms with van der Waals surface area (Å²) in [5.74, 6) is -1.95. The van der Waals surface area contributed by atoms with E-state index in [1.165, 1.54) is 0 Å². The Morgan fingerprint density at radius 3 is 1.61 bits per heavy atom. The number of carbonyl (C=O) groups is 1. The number of carbonyl (C=O) groups excluding carboxylic acids is 1. The molecule has 1 fully saturated rings. The normalized spacial score (nSPS) is 21.3. The van der Waals surface area contributed by atoms with Gasteiger partial charge in [-0.2, -0.15) is 13.2 Å².